The van der Waals surface area contributed by atoms with Crippen molar-refractivity contribution in [2.75, 3.05) is 27.4 Å². The highest BCUT2D eigenvalue weighted by atomic mass is 16.5. The summed E-state index contributed by atoms with van der Waals surface area (Å²) in [6, 6.07) is 8.71. The summed E-state index contributed by atoms with van der Waals surface area (Å²) in [7, 11) is 2.89. The van der Waals surface area contributed by atoms with E-state index in [2.05, 4.69) is 4.74 Å². The van der Waals surface area contributed by atoms with Gasteiger partial charge in [0.25, 0.3) is 5.91 Å². The summed E-state index contributed by atoms with van der Waals surface area (Å²) in [5, 5.41) is 11.2. The molecule has 0 spiro atoms. The number of ether oxygens (including phenoxy) is 2. The van der Waals surface area contributed by atoms with Gasteiger partial charge in [-0.25, -0.2) is 0 Å². The maximum absolute atomic E-state index is 13.1. The summed E-state index contributed by atoms with van der Waals surface area (Å²) >= 11 is 0. The third-order valence-electron chi connectivity index (χ3n) is 4.52. The van der Waals surface area contributed by atoms with Crippen molar-refractivity contribution >= 4 is 11.9 Å². The van der Waals surface area contributed by atoms with Gasteiger partial charge in [-0.1, -0.05) is 30.3 Å². The first kappa shape index (κ1) is 18.4. The normalized spacial score (nSPS) is 19.8. The summed E-state index contributed by atoms with van der Waals surface area (Å²) in [5.74, 6) is -0.829. The van der Waals surface area contributed by atoms with Crippen molar-refractivity contribution in [2.24, 2.45) is 0 Å². The Hall–Kier alpha value is -1.92. The molecule has 1 aromatic carbocycles. The molecule has 0 aliphatic carbocycles. The highest BCUT2D eigenvalue weighted by Gasteiger charge is 2.44. The fourth-order valence-corrected chi connectivity index (χ4v) is 3.18. The number of hydrogen-bond acceptors (Lipinski definition) is 5. The van der Waals surface area contributed by atoms with Crippen molar-refractivity contribution in [1.82, 2.24) is 4.90 Å². The fraction of sp³-hybridized carbons (Fsp3) is 0.556. The van der Waals surface area contributed by atoms with Crippen LogP contribution < -0.4 is 0 Å². The Morgan fingerprint density at radius 3 is 2.62 bits per heavy atom. The van der Waals surface area contributed by atoms with Crippen LogP contribution in [0.2, 0.25) is 0 Å². The number of benzene rings is 1. The molecule has 2 rings (SSSR count). The average molecular weight is 335 g/mol. The number of esters is 1. The monoisotopic (exact) mass is 335 g/mol. The summed E-state index contributed by atoms with van der Waals surface area (Å²) in [5.41, 5.74) is -1.26. The van der Waals surface area contributed by atoms with Gasteiger partial charge in [0.1, 0.15) is 0 Å². The van der Waals surface area contributed by atoms with E-state index in [0.717, 1.165) is 12.8 Å². The van der Waals surface area contributed by atoms with Gasteiger partial charge in [0.2, 0.25) is 0 Å². The molecule has 2 atom stereocenters. The Kier molecular flexibility index (Phi) is 6.34. The Balaban J connectivity index is 2.27. The zero-order chi connectivity index (χ0) is 17.6. The molecule has 6 nitrogen and oxygen atoms in total. The highest BCUT2D eigenvalue weighted by Crippen LogP contribution is 2.32. The van der Waals surface area contributed by atoms with Gasteiger partial charge in [-0.15, -0.1) is 0 Å². The van der Waals surface area contributed by atoms with Gasteiger partial charge in [-0.2, -0.15) is 0 Å². The number of nitrogens with zero attached hydrogens (tertiary/aromatic N) is 1. The van der Waals surface area contributed by atoms with E-state index < -0.39 is 11.6 Å². The summed E-state index contributed by atoms with van der Waals surface area (Å²) in [6.07, 6.45) is 1.68. The minimum atomic E-state index is -1.74. The molecule has 132 valence electrons. The quantitative estimate of drug-likeness (QED) is 0.764. The number of methoxy groups -OCH3 is 2. The second-order valence-electron chi connectivity index (χ2n) is 6.05. The van der Waals surface area contributed by atoms with E-state index in [9.17, 15) is 14.7 Å². The Bertz CT molecular complexity index is 562. The zero-order valence-corrected chi connectivity index (χ0v) is 14.2. The van der Waals surface area contributed by atoms with Crippen molar-refractivity contribution in [3.05, 3.63) is 35.9 Å². The molecule has 1 fully saturated rings. The topological polar surface area (TPSA) is 76.1 Å². The smallest absolute Gasteiger partial charge is 0.305 e. The maximum Gasteiger partial charge on any atom is 0.305 e. The molecule has 1 aliphatic rings. The number of amides is 1. The predicted molar refractivity (Wildman–Crippen MR) is 88.2 cm³/mol. The molecule has 0 radical (unpaired) electrons. The van der Waals surface area contributed by atoms with Crippen molar-refractivity contribution < 1.29 is 24.2 Å². The molecule has 1 N–H and O–H groups in total. The van der Waals surface area contributed by atoms with Gasteiger partial charge in [0.15, 0.2) is 5.60 Å². The molecule has 1 aromatic rings. The van der Waals surface area contributed by atoms with Crippen LogP contribution in [-0.4, -0.2) is 55.3 Å². The van der Waals surface area contributed by atoms with Crippen LogP contribution >= 0.6 is 0 Å². The Morgan fingerprint density at radius 2 is 2.00 bits per heavy atom. The molecular weight excluding hydrogens is 310 g/mol. The van der Waals surface area contributed by atoms with E-state index in [1.54, 1.807) is 36.3 Å². The minimum Gasteiger partial charge on any atom is -0.469 e. The SMILES string of the molecule is COC[C@@H]1CCCN1C(=O)C(O)(CCC(=O)OC)c1ccccc1. The van der Waals surface area contributed by atoms with Crippen LogP contribution in [0.1, 0.15) is 31.2 Å². The van der Waals surface area contributed by atoms with Crippen LogP contribution in [0.3, 0.4) is 0 Å². The molecule has 1 heterocycles. The molecule has 1 amide bonds. The third-order valence-corrected chi connectivity index (χ3v) is 4.52. The fourth-order valence-electron chi connectivity index (χ4n) is 3.18. The van der Waals surface area contributed by atoms with Gasteiger partial charge in [-0.3, -0.25) is 9.59 Å². The Morgan fingerprint density at radius 1 is 1.29 bits per heavy atom. The van der Waals surface area contributed by atoms with Crippen LogP contribution in [0.25, 0.3) is 0 Å². The van der Waals surface area contributed by atoms with E-state index in [4.69, 9.17) is 4.74 Å². The molecule has 1 saturated heterocycles. The van der Waals surface area contributed by atoms with Gasteiger partial charge in [0.05, 0.1) is 19.8 Å². The first-order chi connectivity index (χ1) is 11.5. The van der Waals surface area contributed by atoms with Crippen molar-refractivity contribution in [3.8, 4) is 0 Å². The van der Waals surface area contributed by atoms with E-state index >= 15 is 0 Å². The molecule has 0 bridgehead atoms. The van der Waals surface area contributed by atoms with Gasteiger partial charge >= 0.3 is 5.97 Å². The van der Waals surface area contributed by atoms with Crippen LogP contribution in [0.15, 0.2) is 30.3 Å². The number of carbonyl (C=O) groups excluding carboxylic acids is 2. The number of likely N-dealkylation sites (tertiary alicyclic amines) is 1. The van der Waals surface area contributed by atoms with Crippen LogP contribution in [0.4, 0.5) is 0 Å². The van der Waals surface area contributed by atoms with Crippen molar-refractivity contribution in [3.63, 3.8) is 0 Å². The Labute approximate surface area is 142 Å². The van der Waals surface area contributed by atoms with Crippen LogP contribution in [0.5, 0.6) is 0 Å². The minimum absolute atomic E-state index is 0.0152. The molecular formula is C18H25NO5. The van der Waals surface area contributed by atoms with Gasteiger partial charge in [-0.05, 0) is 24.8 Å². The lowest BCUT2D eigenvalue weighted by atomic mass is 9.87. The van der Waals surface area contributed by atoms with Gasteiger partial charge < -0.3 is 19.5 Å². The van der Waals surface area contributed by atoms with Crippen molar-refractivity contribution in [2.45, 2.75) is 37.3 Å². The van der Waals surface area contributed by atoms with Crippen LogP contribution in [-0.2, 0) is 24.7 Å². The lowest BCUT2D eigenvalue weighted by Gasteiger charge is -2.34. The molecule has 24 heavy (non-hydrogen) atoms. The van der Waals surface area contributed by atoms with E-state index in [1.807, 2.05) is 6.07 Å². The largest absolute Gasteiger partial charge is 0.469 e. The summed E-state index contributed by atoms with van der Waals surface area (Å²) in [6.45, 7) is 1.02. The molecule has 1 aliphatic heterocycles. The lowest BCUT2D eigenvalue weighted by Crippen LogP contribution is -2.50. The van der Waals surface area contributed by atoms with E-state index in [-0.39, 0.29) is 24.8 Å². The molecule has 0 aromatic heterocycles. The van der Waals surface area contributed by atoms with E-state index in [0.29, 0.717) is 18.7 Å². The molecule has 0 saturated carbocycles. The average Bonchev–Trinajstić information content (AvgIpc) is 3.08. The first-order valence-corrected chi connectivity index (χ1v) is 8.17. The standard InChI is InChI=1S/C18H25NO5/c1-23-13-15-9-6-12-19(15)17(21)18(22,11-10-16(20)24-2)14-7-4-3-5-8-14/h3-5,7-8,15,22H,6,9-13H2,1-2H3/t15-,18?/m0/s1. The highest BCUT2D eigenvalue weighted by molar-refractivity contribution is 5.87. The van der Waals surface area contributed by atoms with Crippen LogP contribution in [0, 0.1) is 0 Å². The predicted octanol–water partition coefficient (Wildman–Crippen LogP) is 1.46. The second kappa shape index (κ2) is 8.26. The number of hydrogen-bond donors (Lipinski definition) is 1. The number of rotatable bonds is 7. The summed E-state index contributed by atoms with van der Waals surface area (Å²) < 4.78 is 9.84. The number of carbonyl (C=O) groups is 2. The summed E-state index contributed by atoms with van der Waals surface area (Å²) in [4.78, 5) is 26.3. The molecule has 6 heteroatoms. The van der Waals surface area contributed by atoms with E-state index in [1.165, 1.54) is 7.11 Å². The van der Waals surface area contributed by atoms with Gasteiger partial charge in [0, 0.05) is 20.1 Å². The second-order valence-corrected chi connectivity index (χ2v) is 6.05. The lowest BCUT2D eigenvalue weighted by molar-refractivity contribution is -0.157. The third kappa shape index (κ3) is 3.94. The van der Waals surface area contributed by atoms with Crippen molar-refractivity contribution in [1.29, 1.82) is 0 Å². The number of aliphatic hydroxyl groups is 1. The zero-order valence-electron chi connectivity index (χ0n) is 14.2. The maximum atomic E-state index is 13.1. The first-order valence-electron chi connectivity index (χ1n) is 8.17. The molecule has 1 unspecified atom stereocenters.